The van der Waals surface area contributed by atoms with Crippen LogP contribution in [0.3, 0.4) is 0 Å². The zero-order valence-electron chi connectivity index (χ0n) is 11.7. The van der Waals surface area contributed by atoms with Gasteiger partial charge >= 0.3 is 5.97 Å². The summed E-state index contributed by atoms with van der Waals surface area (Å²) < 4.78 is 0. The first-order valence-corrected chi connectivity index (χ1v) is 7.96. The molecule has 3 saturated heterocycles. The van der Waals surface area contributed by atoms with E-state index < -0.39 is 5.97 Å². The van der Waals surface area contributed by atoms with E-state index in [0.717, 1.165) is 32.5 Å². The van der Waals surface area contributed by atoms with E-state index in [0.29, 0.717) is 18.0 Å². The standard InChI is InChI=1S/C15H26N2O2/c18-15(19)12-9-11(13-5-1-3-7-16-13)10-17-8-4-2-6-14(12)17/h11-14,16H,1-10H2,(H,18,19)/t11-,12-,13+,14+/m0/s1. The van der Waals surface area contributed by atoms with Gasteiger partial charge in [-0.15, -0.1) is 0 Å². The largest absolute Gasteiger partial charge is 0.481 e. The molecule has 4 heteroatoms. The molecule has 19 heavy (non-hydrogen) atoms. The van der Waals surface area contributed by atoms with Crippen molar-refractivity contribution in [2.75, 3.05) is 19.6 Å². The molecule has 0 bridgehead atoms. The van der Waals surface area contributed by atoms with Crippen molar-refractivity contribution in [3.8, 4) is 0 Å². The Balaban J connectivity index is 1.71. The molecule has 4 atom stereocenters. The van der Waals surface area contributed by atoms with E-state index in [4.69, 9.17) is 0 Å². The summed E-state index contributed by atoms with van der Waals surface area (Å²) in [5.41, 5.74) is 0. The highest BCUT2D eigenvalue weighted by Crippen LogP contribution is 2.36. The van der Waals surface area contributed by atoms with E-state index in [-0.39, 0.29) is 5.92 Å². The predicted octanol–water partition coefficient (Wildman–Crippen LogP) is 1.70. The lowest BCUT2D eigenvalue weighted by Crippen LogP contribution is -2.57. The number of hydrogen-bond donors (Lipinski definition) is 2. The number of carboxylic acid groups (broad SMARTS) is 1. The first-order chi connectivity index (χ1) is 9.25. The molecule has 3 rings (SSSR count). The molecule has 0 spiro atoms. The van der Waals surface area contributed by atoms with Gasteiger partial charge in [0.1, 0.15) is 0 Å². The van der Waals surface area contributed by atoms with Crippen molar-refractivity contribution < 1.29 is 9.90 Å². The van der Waals surface area contributed by atoms with Crippen molar-refractivity contribution in [1.29, 1.82) is 0 Å². The minimum absolute atomic E-state index is 0.136. The number of fused-ring (bicyclic) bond motifs is 1. The lowest BCUT2D eigenvalue weighted by Gasteiger charge is -2.48. The van der Waals surface area contributed by atoms with Crippen molar-refractivity contribution in [2.45, 2.75) is 57.0 Å². The monoisotopic (exact) mass is 266 g/mol. The lowest BCUT2D eigenvalue weighted by molar-refractivity contribution is -0.148. The second-order valence-corrected chi connectivity index (χ2v) is 6.55. The van der Waals surface area contributed by atoms with Crippen LogP contribution in [0.25, 0.3) is 0 Å². The van der Waals surface area contributed by atoms with Crippen LogP contribution in [0.4, 0.5) is 0 Å². The smallest absolute Gasteiger partial charge is 0.308 e. The van der Waals surface area contributed by atoms with Gasteiger partial charge in [-0.25, -0.2) is 0 Å². The number of carboxylic acids is 1. The van der Waals surface area contributed by atoms with Crippen LogP contribution in [-0.4, -0.2) is 47.7 Å². The van der Waals surface area contributed by atoms with Crippen molar-refractivity contribution in [2.24, 2.45) is 11.8 Å². The van der Waals surface area contributed by atoms with Gasteiger partial charge < -0.3 is 10.4 Å². The maximum Gasteiger partial charge on any atom is 0.308 e. The van der Waals surface area contributed by atoms with Crippen LogP contribution in [-0.2, 0) is 4.79 Å². The lowest BCUT2D eigenvalue weighted by atomic mass is 9.75. The second kappa shape index (κ2) is 5.80. The molecule has 3 heterocycles. The molecule has 3 fully saturated rings. The minimum atomic E-state index is -0.572. The van der Waals surface area contributed by atoms with E-state index in [9.17, 15) is 9.90 Å². The van der Waals surface area contributed by atoms with E-state index in [1.807, 2.05) is 0 Å². The van der Waals surface area contributed by atoms with E-state index in [1.54, 1.807) is 0 Å². The summed E-state index contributed by atoms with van der Waals surface area (Å²) in [6.07, 6.45) is 8.23. The molecule has 0 aliphatic carbocycles. The molecule has 0 unspecified atom stereocenters. The Morgan fingerprint density at radius 2 is 2.00 bits per heavy atom. The van der Waals surface area contributed by atoms with Gasteiger partial charge in [0.05, 0.1) is 5.92 Å². The zero-order valence-corrected chi connectivity index (χ0v) is 11.7. The average Bonchev–Trinajstić information content (AvgIpc) is 2.47. The molecule has 0 aromatic carbocycles. The summed E-state index contributed by atoms with van der Waals surface area (Å²) >= 11 is 0. The molecule has 3 aliphatic rings. The molecule has 0 aromatic heterocycles. The molecule has 108 valence electrons. The van der Waals surface area contributed by atoms with Crippen LogP contribution in [0.5, 0.6) is 0 Å². The van der Waals surface area contributed by atoms with Crippen molar-refractivity contribution in [1.82, 2.24) is 10.2 Å². The SMILES string of the molecule is O=C(O)[C@H]1C[C@H]([C@H]2CCCCN2)CN2CCCC[C@H]12. The number of aliphatic carboxylic acids is 1. The predicted molar refractivity (Wildman–Crippen MR) is 74.1 cm³/mol. The Hall–Kier alpha value is -0.610. The number of carbonyl (C=O) groups is 1. The van der Waals surface area contributed by atoms with Gasteiger partial charge in [0.2, 0.25) is 0 Å². The van der Waals surface area contributed by atoms with Crippen LogP contribution in [0.2, 0.25) is 0 Å². The highest BCUT2D eigenvalue weighted by molar-refractivity contribution is 5.71. The molecule has 0 saturated carbocycles. The first-order valence-electron chi connectivity index (χ1n) is 7.96. The van der Waals surface area contributed by atoms with Gasteiger partial charge in [-0.3, -0.25) is 9.69 Å². The van der Waals surface area contributed by atoms with Crippen LogP contribution in [0.15, 0.2) is 0 Å². The number of hydrogen-bond acceptors (Lipinski definition) is 3. The normalized spacial score (nSPS) is 40.6. The third-order valence-electron chi connectivity index (χ3n) is 5.39. The van der Waals surface area contributed by atoms with Gasteiger partial charge in [-0.1, -0.05) is 12.8 Å². The minimum Gasteiger partial charge on any atom is -0.481 e. The molecular weight excluding hydrogens is 240 g/mol. The third kappa shape index (κ3) is 2.79. The molecular formula is C15H26N2O2. The van der Waals surface area contributed by atoms with Gasteiger partial charge in [-0.2, -0.15) is 0 Å². The summed E-state index contributed by atoms with van der Waals surface area (Å²) in [4.78, 5) is 14.1. The fourth-order valence-electron chi connectivity index (χ4n) is 4.40. The van der Waals surface area contributed by atoms with Crippen LogP contribution in [0, 0.1) is 11.8 Å². The molecule has 0 amide bonds. The molecule has 0 radical (unpaired) electrons. The van der Waals surface area contributed by atoms with Crippen molar-refractivity contribution in [3.05, 3.63) is 0 Å². The van der Waals surface area contributed by atoms with E-state index in [1.165, 1.54) is 32.1 Å². The number of nitrogens with zero attached hydrogens (tertiary/aromatic N) is 1. The Labute approximate surface area is 115 Å². The molecule has 0 aromatic rings. The fraction of sp³-hybridized carbons (Fsp3) is 0.933. The number of nitrogens with one attached hydrogen (secondary N) is 1. The van der Waals surface area contributed by atoms with Crippen LogP contribution in [0.1, 0.15) is 44.9 Å². The molecule has 4 nitrogen and oxygen atoms in total. The Morgan fingerprint density at radius 1 is 1.16 bits per heavy atom. The van der Waals surface area contributed by atoms with Gasteiger partial charge in [0, 0.05) is 18.6 Å². The van der Waals surface area contributed by atoms with Crippen molar-refractivity contribution in [3.63, 3.8) is 0 Å². The summed E-state index contributed by atoms with van der Waals surface area (Å²) in [5.74, 6) is -0.170. The van der Waals surface area contributed by atoms with Crippen LogP contribution < -0.4 is 5.32 Å². The summed E-state index contributed by atoms with van der Waals surface area (Å²) in [5, 5.41) is 13.2. The molecule has 2 N–H and O–H groups in total. The average molecular weight is 266 g/mol. The van der Waals surface area contributed by atoms with E-state index in [2.05, 4.69) is 10.2 Å². The molecule has 3 aliphatic heterocycles. The highest BCUT2D eigenvalue weighted by Gasteiger charge is 2.43. The van der Waals surface area contributed by atoms with Gasteiger partial charge in [0.25, 0.3) is 0 Å². The maximum absolute atomic E-state index is 11.6. The highest BCUT2D eigenvalue weighted by atomic mass is 16.4. The topological polar surface area (TPSA) is 52.6 Å². The Morgan fingerprint density at radius 3 is 2.74 bits per heavy atom. The summed E-state index contributed by atoms with van der Waals surface area (Å²) in [7, 11) is 0. The third-order valence-corrected chi connectivity index (χ3v) is 5.39. The van der Waals surface area contributed by atoms with Gasteiger partial charge in [0.15, 0.2) is 0 Å². The Bertz CT molecular complexity index is 328. The van der Waals surface area contributed by atoms with E-state index >= 15 is 0 Å². The zero-order chi connectivity index (χ0) is 13.2. The summed E-state index contributed by atoms with van der Waals surface area (Å²) in [6.45, 7) is 3.34. The number of piperidine rings is 3. The maximum atomic E-state index is 11.6. The first kappa shape index (κ1) is 13.4. The quantitative estimate of drug-likeness (QED) is 0.799. The Kier molecular flexibility index (Phi) is 4.08. The van der Waals surface area contributed by atoms with Gasteiger partial charge in [-0.05, 0) is 51.1 Å². The fourth-order valence-corrected chi connectivity index (χ4v) is 4.40. The summed E-state index contributed by atoms with van der Waals surface area (Å²) in [6, 6.07) is 0.865. The van der Waals surface area contributed by atoms with Crippen LogP contribution >= 0.6 is 0 Å². The number of rotatable bonds is 2. The second-order valence-electron chi connectivity index (χ2n) is 6.55. The van der Waals surface area contributed by atoms with Crippen molar-refractivity contribution >= 4 is 5.97 Å².